The van der Waals surface area contributed by atoms with Crippen LogP contribution in [0.4, 0.5) is 5.95 Å². The highest BCUT2D eigenvalue weighted by molar-refractivity contribution is 5.27. The maximum absolute atomic E-state index is 5.91. The van der Waals surface area contributed by atoms with Gasteiger partial charge < -0.3 is 14.8 Å². The SMILES string of the molecule is CCCNc1nc(OC)nc(OC2CCCC(C)C2)n1. The average Bonchev–Trinajstić information content (AvgIpc) is 2.45. The Morgan fingerprint density at radius 2 is 2.00 bits per heavy atom. The Labute approximate surface area is 120 Å². The van der Waals surface area contributed by atoms with E-state index in [1.54, 1.807) is 7.11 Å². The molecule has 0 aliphatic heterocycles. The molecule has 20 heavy (non-hydrogen) atoms. The van der Waals surface area contributed by atoms with Crippen molar-refractivity contribution < 1.29 is 9.47 Å². The van der Waals surface area contributed by atoms with E-state index in [4.69, 9.17) is 9.47 Å². The maximum atomic E-state index is 5.91. The van der Waals surface area contributed by atoms with Crippen LogP contribution < -0.4 is 14.8 Å². The van der Waals surface area contributed by atoms with Crippen molar-refractivity contribution in [3.63, 3.8) is 0 Å². The number of aromatic nitrogens is 3. The van der Waals surface area contributed by atoms with E-state index in [1.165, 1.54) is 12.8 Å². The molecule has 1 heterocycles. The van der Waals surface area contributed by atoms with Crippen LogP contribution in [0.5, 0.6) is 12.0 Å². The summed E-state index contributed by atoms with van der Waals surface area (Å²) in [5.74, 6) is 1.22. The summed E-state index contributed by atoms with van der Waals surface area (Å²) in [6, 6.07) is 0.645. The first kappa shape index (κ1) is 14.8. The van der Waals surface area contributed by atoms with Crippen LogP contribution >= 0.6 is 0 Å². The first-order chi connectivity index (χ1) is 9.71. The van der Waals surface area contributed by atoms with E-state index in [0.717, 1.165) is 25.8 Å². The summed E-state index contributed by atoms with van der Waals surface area (Å²) in [5.41, 5.74) is 0. The van der Waals surface area contributed by atoms with Gasteiger partial charge in [0.2, 0.25) is 5.95 Å². The van der Waals surface area contributed by atoms with Crippen molar-refractivity contribution >= 4 is 5.95 Å². The van der Waals surface area contributed by atoms with Gasteiger partial charge in [0, 0.05) is 6.54 Å². The van der Waals surface area contributed by atoms with Crippen molar-refractivity contribution in [1.82, 2.24) is 15.0 Å². The molecule has 1 aromatic rings. The van der Waals surface area contributed by atoms with Crippen molar-refractivity contribution in [2.24, 2.45) is 5.92 Å². The molecule has 0 saturated heterocycles. The van der Waals surface area contributed by atoms with Crippen LogP contribution in [0.2, 0.25) is 0 Å². The Balaban J connectivity index is 2.05. The Bertz CT molecular complexity index is 428. The van der Waals surface area contributed by atoms with E-state index >= 15 is 0 Å². The zero-order valence-electron chi connectivity index (χ0n) is 12.6. The largest absolute Gasteiger partial charge is 0.467 e. The lowest BCUT2D eigenvalue weighted by atomic mass is 9.89. The van der Waals surface area contributed by atoms with Crippen LogP contribution in [0.25, 0.3) is 0 Å². The summed E-state index contributed by atoms with van der Waals surface area (Å²) in [7, 11) is 1.55. The lowest BCUT2D eigenvalue weighted by Gasteiger charge is -2.26. The second kappa shape index (κ2) is 7.26. The van der Waals surface area contributed by atoms with Crippen LogP contribution in [0.3, 0.4) is 0 Å². The van der Waals surface area contributed by atoms with Crippen LogP contribution in [0, 0.1) is 5.92 Å². The fraction of sp³-hybridized carbons (Fsp3) is 0.786. The number of anilines is 1. The average molecular weight is 280 g/mol. The number of ether oxygens (including phenoxy) is 2. The van der Waals surface area contributed by atoms with Gasteiger partial charge in [-0.25, -0.2) is 0 Å². The Morgan fingerprint density at radius 1 is 1.20 bits per heavy atom. The molecule has 1 aromatic heterocycles. The lowest BCUT2D eigenvalue weighted by molar-refractivity contribution is 0.117. The summed E-state index contributed by atoms with van der Waals surface area (Å²) < 4.78 is 11.0. The third-order valence-corrected chi connectivity index (χ3v) is 3.47. The molecule has 2 atom stereocenters. The van der Waals surface area contributed by atoms with Crippen molar-refractivity contribution in [2.45, 2.75) is 52.1 Å². The normalized spacial score (nSPS) is 22.4. The predicted molar refractivity (Wildman–Crippen MR) is 77.2 cm³/mol. The van der Waals surface area contributed by atoms with Crippen molar-refractivity contribution in [2.75, 3.05) is 19.0 Å². The molecule has 1 fully saturated rings. The first-order valence-corrected chi connectivity index (χ1v) is 7.41. The van der Waals surface area contributed by atoms with Crippen LogP contribution in [-0.2, 0) is 0 Å². The topological polar surface area (TPSA) is 69.2 Å². The monoisotopic (exact) mass is 280 g/mol. The molecule has 6 nitrogen and oxygen atoms in total. The summed E-state index contributed by atoms with van der Waals surface area (Å²) in [4.78, 5) is 12.6. The molecule has 1 saturated carbocycles. The number of methoxy groups -OCH3 is 1. The second-order valence-corrected chi connectivity index (χ2v) is 5.37. The van der Waals surface area contributed by atoms with E-state index in [2.05, 4.69) is 34.1 Å². The fourth-order valence-electron chi connectivity index (χ4n) is 2.43. The molecule has 1 aliphatic carbocycles. The number of rotatable bonds is 6. The quantitative estimate of drug-likeness (QED) is 0.864. The standard InChI is InChI=1S/C14H24N4O2/c1-4-8-15-12-16-13(19-3)18-14(17-12)20-11-7-5-6-10(2)9-11/h10-11H,4-9H2,1-3H3,(H,15,16,17,18). The molecule has 1 aliphatic rings. The van der Waals surface area contributed by atoms with Gasteiger partial charge in [0.25, 0.3) is 0 Å². The van der Waals surface area contributed by atoms with E-state index in [0.29, 0.717) is 17.9 Å². The molecule has 6 heteroatoms. The van der Waals surface area contributed by atoms with Crippen molar-refractivity contribution in [1.29, 1.82) is 0 Å². The van der Waals surface area contributed by atoms with Crippen molar-refractivity contribution in [3.8, 4) is 12.0 Å². The van der Waals surface area contributed by atoms with Gasteiger partial charge in [-0.05, 0) is 31.6 Å². The third-order valence-electron chi connectivity index (χ3n) is 3.47. The molecule has 0 spiro atoms. The molecule has 2 unspecified atom stereocenters. The van der Waals surface area contributed by atoms with Gasteiger partial charge in [-0.15, -0.1) is 4.98 Å². The highest BCUT2D eigenvalue weighted by atomic mass is 16.5. The highest BCUT2D eigenvalue weighted by Crippen LogP contribution is 2.26. The molecule has 2 rings (SSSR count). The Morgan fingerprint density at radius 3 is 2.70 bits per heavy atom. The molecule has 0 amide bonds. The first-order valence-electron chi connectivity index (χ1n) is 7.41. The minimum Gasteiger partial charge on any atom is -0.467 e. The van der Waals surface area contributed by atoms with Gasteiger partial charge in [0.15, 0.2) is 0 Å². The fourth-order valence-corrected chi connectivity index (χ4v) is 2.43. The van der Waals surface area contributed by atoms with E-state index in [-0.39, 0.29) is 12.1 Å². The van der Waals surface area contributed by atoms with Gasteiger partial charge >= 0.3 is 12.0 Å². The molecule has 0 aromatic carbocycles. The molecular weight excluding hydrogens is 256 g/mol. The zero-order chi connectivity index (χ0) is 14.4. The number of hydrogen-bond acceptors (Lipinski definition) is 6. The smallest absolute Gasteiger partial charge is 0.324 e. The second-order valence-electron chi connectivity index (χ2n) is 5.37. The minimum absolute atomic E-state index is 0.199. The molecule has 0 bridgehead atoms. The Hall–Kier alpha value is -1.59. The zero-order valence-corrected chi connectivity index (χ0v) is 12.6. The van der Waals surface area contributed by atoms with Crippen LogP contribution in [0.1, 0.15) is 46.0 Å². The summed E-state index contributed by atoms with van der Waals surface area (Å²) in [6.45, 7) is 5.16. The predicted octanol–water partition coefficient (Wildman–Crippen LogP) is 2.66. The minimum atomic E-state index is 0.199. The van der Waals surface area contributed by atoms with Crippen molar-refractivity contribution in [3.05, 3.63) is 0 Å². The van der Waals surface area contributed by atoms with Gasteiger partial charge in [0.1, 0.15) is 6.10 Å². The lowest BCUT2D eigenvalue weighted by Crippen LogP contribution is -2.25. The molecule has 0 radical (unpaired) electrons. The van der Waals surface area contributed by atoms with Gasteiger partial charge in [-0.1, -0.05) is 20.3 Å². The molecule has 112 valence electrons. The third kappa shape index (κ3) is 4.21. The van der Waals surface area contributed by atoms with E-state index < -0.39 is 0 Å². The summed E-state index contributed by atoms with van der Waals surface area (Å²) in [5, 5.41) is 3.13. The van der Waals surface area contributed by atoms with Crippen LogP contribution in [-0.4, -0.2) is 34.7 Å². The highest BCUT2D eigenvalue weighted by Gasteiger charge is 2.21. The Kier molecular flexibility index (Phi) is 5.38. The molecular formula is C14H24N4O2. The van der Waals surface area contributed by atoms with E-state index in [1.807, 2.05) is 0 Å². The van der Waals surface area contributed by atoms with E-state index in [9.17, 15) is 0 Å². The summed E-state index contributed by atoms with van der Waals surface area (Å²) in [6.07, 6.45) is 5.81. The van der Waals surface area contributed by atoms with Crippen LogP contribution in [0.15, 0.2) is 0 Å². The van der Waals surface area contributed by atoms with Gasteiger partial charge in [0.05, 0.1) is 7.11 Å². The number of nitrogens with zero attached hydrogens (tertiary/aromatic N) is 3. The molecule has 1 N–H and O–H groups in total. The summed E-state index contributed by atoms with van der Waals surface area (Å²) >= 11 is 0. The van der Waals surface area contributed by atoms with Gasteiger partial charge in [-0.2, -0.15) is 9.97 Å². The van der Waals surface area contributed by atoms with Gasteiger partial charge in [-0.3, -0.25) is 0 Å². The number of nitrogens with one attached hydrogen (secondary N) is 1. The maximum Gasteiger partial charge on any atom is 0.324 e. The number of hydrogen-bond donors (Lipinski definition) is 1.